The summed E-state index contributed by atoms with van der Waals surface area (Å²) in [5.41, 5.74) is 1.40. The van der Waals surface area contributed by atoms with Crippen molar-refractivity contribution in [2.24, 2.45) is 7.05 Å². The van der Waals surface area contributed by atoms with Crippen LogP contribution in [0.1, 0.15) is 5.69 Å². The molecule has 2 aromatic heterocycles. The molecule has 0 saturated carbocycles. The number of nitrogens with zero attached hydrogens (tertiary/aromatic N) is 4. The Labute approximate surface area is 118 Å². The molecule has 0 aliphatic rings. The minimum absolute atomic E-state index is 0.310. The summed E-state index contributed by atoms with van der Waals surface area (Å²) in [6.07, 6.45) is 3.22. The molecule has 5 nitrogen and oxygen atoms in total. The van der Waals surface area contributed by atoms with E-state index in [1.807, 2.05) is 11.6 Å². The highest BCUT2D eigenvalue weighted by atomic mass is 32.2. The molecule has 0 saturated heterocycles. The number of hydrogen-bond donors (Lipinski definition) is 0. The average Bonchev–Trinajstić information content (AvgIpc) is 3.05. The molecule has 0 unspecified atom stereocenters. The Hall–Kier alpha value is -2.15. The Morgan fingerprint density at radius 2 is 2.30 bits per heavy atom. The van der Waals surface area contributed by atoms with E-state index < -0.39 is 0 Å². The molecule has 0 aliphatic heterocycles. The predicted molar refractivity (Wildman–Crippen MR) is 72.5 cm³/mol. The van der Waals surface area contributed by atoms with Gasteiger partial charge in [0, 0.05) is 18.4 Å². The molecule has 0 fully saturated rings. The first kappa shape index (κ1) is 12.9. The highest BCUT2D eigenvalue weighted by molar-refractivity contribution is 7.98. The number of rotatable bonds is 4. The summed E-state index contributed by atoms with van der Waals surface area (Å²) in [5.74, 6) is 0.722. The van der Waals surface area contributed by atoms with Crippen LogP contribution in [0.2, 0.25) is 0 Å². The summed E-state index contributed by atoms with van der Waals surface area (Å²) >= 11 is 1.51. The van der Waals surface area contributed by atoms with Crippen LogP contribution in [-0.4, -0.2) is 19.7 Å². The number of thioether (sulfide) groups is 1. The average molecular weight is 290 g/mol. The lowest BCUT2D eigenvalue weighted by Crippen LogP contribution is -1.90. The largest absolute Gasteiger partial charge is 0.444 e. The zero-order chi connectivity index (χ0) is 13.9. The van der Waals surface area contributed by atoms with Gasteiger partial charge in [-0.05, 0) is 18.2 Å². The van der Waals surface area contributed by atoms with Gasteiger partial charge >= 0.3 is 0 Å². The van der Waals surface area contributed by atoms with E-state index >= 15 is 0 Å². The van der Waals surface area contributed by atoms with Gasteiger partial charge in [-0.15, -0.1) is 10.2 Å². The summed E-state index contributed by atoms with van der Waals surface area (Å²) < 4.78 is 20.3. The number of aromatic nitrogens is 4. The molecule has 0 amide bonds. The van der Waals surface area contributed by atoms with Gasteiger partial charge in [0.15, 0.2) is 5.16 Å². The van der Waals surface area contributed by atoms with E-state index in [1.54, 1.807) is 24.7 Å². The molecular formula is C13H11FN4OS. The first-order chi connectivity index (χ1) is 9.72. The molecular weight excluding hydrogens is 279 g/mol. The van der Waals surface area contributed by atoms with E-state index in [9.17, 15) is 4.39 Å². The molecule has 2 heterocycles. The Morgan fingerprint density at radius 3 is 3.05 bits per heavy atom. The lowest BCUT2D eigenvalue weighted by Gasteiger charge is -1.97. The molecule has 3 rings (SSSR count). The number of benzene rings is 1. The maximum atomic E-state index is 13.1. The van der Waals surface area contributed by atoms with Gasteiger partial charge in [0.2, 0.25) is 5.89 Å². The highest BCUT2D eigenvalue weighted by Gasteiger charge is 2.09. The third kappa shape index (κ3) is 2.72. The first-order valence-electron chi connectivity index (χ1n) is 5.89. The Kier molecular flexibility index (Phi) is 3.51. The van der Waals surface area contributed by atoms with Gasteiger partial charge in [0.05, 0.1) is 5.69 Å². The second kappa shape index (κ2) is 5.46. The summed E-state index contributed by atoms with van der Waals surface area (Å²) in [7, 11) is 1.88. The summed E-state index contributed by atoms with van der Waals surface area (Å²) in [5, 5.41) is 8.58. The molecule has 20 heavy (non-hydrogen) atoms. The fourth-order valence-corrected chi connectivity index (χ4v) is 2.43. The second-order valence-corrected chi connectivity index (χ2v) is 5.11. The van der Waals surface area contributed by atoms with E-state index in [1.165, 1.54) is 23.9 Å². The second-order valence-electron chi connectivity index (χ2n) is 4.17. The molecule has 1 aromatic carbocycles. The summed E-state index contributed by atoms with van der Waals surface area (Å²) in [4.78, 5) is 4.34. The molecule has 102 valence electrons. The van der Waals surface area contributed by atoms with Crippen LogP contribution in [0.4, 0.5) is 4.39 Å². The quantitative estimate of drug-likeness (QED) is 0.691. The van der Waals surface area contributed by atoms with E-state index in [4.69, 9.17) is 4.42 Å². The molecule has 0 bridgehead atoms. The van der Waals surface area contributed by atoms with E-state index in [-0.39, 0.29) is 5.82 Å². The van der Waals surface area contributed by atoms with Crippen molar-refractivity contribution in [3.8, 4) is 11.5 Å². The van der Waals surface area contributed by atoms with Gasteiger partial charge in [-0.3, -0.25) is 0 Å². The highest BCUT2D eigenvalue weighted by Crippen LogP contribution is 2.23. The molecule has 3 aromatic rings. The maximum Gasteiger partial charge on any atom is 0.226 e. The molecule has 0 atom stereocenters. The number of halogens is 1. The van der Waals surface area contributed by atoms with E-state index in [0.29, 0.717) is 17.2 Å². The number of aryl methyl sites for hydroxylation is 1. The molecule has 0 N–H and O–H groups in total. The topological polar surface area (TPSA) is 56.7 Å². The van der Waals surface area contributed by atoms with E-state index in [2.05, 4.69) is 15.2 Å². The van der Waals surface area contributed by atoms with Crippen molar-refractivity contribution in [1.82, 2.24) is 19.7 Å². The third-order valence-corrected chi connectivity index (χ3v) is 3.71. The normalized spacial score (nSPS) is 10.9. The van der Waals surface area contributed by atoms with Crippen molar-refractivity contribution in [3.05, 3.63) is 48.4 Å². The summed E-state index contributed by atoms with van der Waals surface area (Å²) in [6, 6.07) is 6.17. The maximum absolute atomic E-state index is 13.1. The molecule has 0 aliphatic carbocycles. The van der Waals surface area contributed by atoms with Crippen molar-refractivity contribution in [3.63, 3.8) is 0 Å². The smallest absolute Gasteiger partial charge is 0.226 e. The van der Waals surface area contributed by atoms with Crippen LogP contribution in [0.25, 0.3) is 11.5 Å². The van der Waals surface area contributed by atoms with Crippen molar-refractivity contribution in [2.45, 2.75) is 10.9 Å². The van der Waals surface area contributed by atoms with Crippen LogP contribution in [0.15, 0.2) is 46.4 Å². The van der Waals surface area contributed by atoms with E-state index in [0.717, 1.165) is 10.9 Å². The van der Waals surface area contributed by atoms with Crippen molar-refractivity contribution in [1.29, 1.82) is 0 Å². The zero-order valence-electron chi connectivity index (χ0n) is 10.7. The van der Waals surface area contributed by atoms with Crippen LogP contribution in [-0.2, 0) is 12.8 Å². The molecule has 0 spiro atoms. The fraction of sp³-hybridized carbons (Fsp3) is 0.154. The van der Waals surface area contributed by atoms with Gasteiger partial charge in [0.1, 0.15) is 18.4 Å². The fourth-order valence-electron chi connectivity index (χ4n) is 1.67. The minimum atomic E-state index is -0.310. The monoisotopic (exact) mass is 290 g/mol. The van der Waals surface area contributed by atoms with Gasteiger partial charge in [-0.2, -0.15) is 0 Å². The third-order valence-electron chi connectivity index (χ3n) is 2.64. The Morgan fingerprint density at radius 1 is 1.40 bits per heavy atom. The van der Waals surface area contributed by atoms with Gasteiger partial charge < -0.3 is 8.98 Å². The Bertz CT molecular complexity index is 724. The van der Waals surface area contributed by atoms with Gasteiger partial charge in [0.25, 0.3) is 0 Å². The van der Waals surface area contributed by atoms with Crippen LogP contribution < -0.4 is 0 Å². The van der Waals surface area contributed by atoms with Crippen LogP contribution >= 0.6 is 11.8 Å². The molecule has 7 heteroatoms. The van der Waals surface area contributed by atoms with Crippen molar-refractivity contribution >= 4 is 11.8 Å². The zero-order valence-corrected chi connectivity index (χ0v) is 11.5. The lowest BCUT2D eigenvalue weighted by atomic mass is 10.2. The SMILES string of the molecule is Cn1cnnc1SCc1coc(-c2cccc(F)c2)n1. The van der Waals surface area contributed by atoms with Crippen molar-refractivity contribution in [2.75, 3.05) is 0 Å². The standard InChI is InChI=1S/C13H11FN4OS/c1-18-8-15-17-13(18)20-7-11-6-19-12(16-11)9-3-2-4-10(14)5-9/h2-6,8H,7H2,1H3. The lowest BCUT2D eigenvalue weighted by molar-refractivity contribution is 0.571. The molecule has 0 radical (unpaired) electrons. The van der Waals surface area contributed by atoms with Gasteiger partial charge in [-0.1, -0.05) is 17.8 Å². The van der Waals surface area contributed by atoms with Crippen LogP contribution in [0.5, 0.6) is 0 Å². The predicted octanol–water partition coefficient (Wildman–Crippen LogP) is 2.90. The van der Waals surface area contributed by atoms with Crippen LogP contribution in [0, 0.1) is 5.82 Å². The van der Waals surface area contributed by atoms with Crippen LogP contribution in [0.3, 0.4) is 0 Å². The summed E-state index contributed by atoms with van der Waals surface area (Å²) in [6.45, 7) is 0. The minimum Gasteiger partial charge on any atom is -0.444 e. The van der Waals surface area contributed by atoms with Gasteiger partial charge in [-0.25, -0.2) is 9.37 Å². The number of hydrogen-bond acceptors (Lipinski definition) is 5. The van der Waals surface area contributed by atoms with Crippen molar-refractivity contribution < 1.29 is 8.81 Å². The number of oxazole rings is 1. The first-order valence-corrected chi connectivity index (χ1v) is 6.88. The Balaban J connectivity index is 1.72.